The van der Waals surface area contributed by atoms with Gasteiger partial charge >= 0.3 is 0 Å². The maximum Gasteiger partial charge on any atom is 0.181 e. The topological polar surface area (TPSA) is 38.7 Å². The van der Waals surface area contributed by atoms with Crippen LogP contribution in [0.3, 0.4) is 0 Å². The molecular formula is C9H3BrCl2IN3. The molecule has 0 bridgehead atoms. The zero-order chi connectivity index (χ0) is 11.7. The van der Waals surface area contributed by atoms with Gasteiger partial charge in [-0.3, -0.25) is 4.98 Å². The fourth-order valence-corrected chi connectivity index (χ4v) is 1.88. The van der Waals surface area contributed by atoms with Crippen molar-refractivity contribution >= 4 is 61.7 Å². The molecule has 0 radical (unpaired) electrons. The van der Waals surface area contributed by atoms with E-state index in [1.165, 1.54) is 0 Å². The van der Waals surface area contributed by atoms with Crippen LogP contribution in [0.2, 0.25) is 10.3 Å². The number of hydrogen-bond acceptors (Lipinski definition) is 3. The summed E-state index contributed by atoms with van der Waals surface area (Å²) in [4.78, 5) is 12.4. The van der Waals surface area contributed by atoms with Crippen molar-refractivity contribution in [2.45, 2.75) is 0 Å². The first-order valence-corrected chi connectivity index (χ1v) is 6.71. The molecule has 2 rings (SSSR count). The van der Waals surface area contributed by atoms with Crippen LogP contribution in [-0.2, 0) is 0 Å². The molecule has 2 aromatic heterocycles. The van der Waals surface area contributed by atoms with Crippen molar-refractivity contribution in [2.75, 3.05) is 0 Å². The molecule has 2 aromatic rings. The lowest BCUT2D eigenvalue weighted by atomic mass is 10.3. The van der Waals surface area contributed by atoms with Crippen LogP contribution in [0, 0.1) is 3.57 Å². The summed E-state index contributed by atoms with van der Waals surface area (Å²) in [5.41, 5.74) is 0.628. The predicted molar refractivity (Wildman–Crippen MR) is 75.7 cm³/mol. The van der Waals surface area contributed by atoms with Crippen molar-refractivity contribution in [1.82, 2.24) is 15.0 Å². The van der Waals surface area contributed by atoms with Gasteiger partial charge in [-0.05, 0) is 50.7 Å². The molecule has 3 nitrogen and oxygen atoms in total. The highest BCUT2D eigenvalue weighted by Crippen LogP contribution is 2.26. The molecule has 0 saturated carbocycles. The molecule has 0 aliphatic rings. The molecule has 7 heteroatoms. The summed E-state index contributed by atoms with van der Waals surface area (Å²) in [7, 11) is 0. The Morgan fingerprint density at radius 2 is 1.75 bits per heavy atom. The van der Waals surface area contributed by atoms with E-state index in [2.05, 4.69) is 30.9 Å². The van der Waals surface area contributed by atoms with E-state index in [0.29, 0.717) is 25.4 Å². The molecule has 2 heterocycles. The maximum atomic E-state index is 5.92. The summed E-state index contributed by atoms with van der Waals surface area (Å²) in [6, 6.07) is 3.64. The van der Waals surface area contributed by atoms with Crippen molar-refractivity contribution in [3.05, 3.63) is 36.7 Å². The third-order valence-corrected chi connectivity index (χ3v) is 4.40. The van der Waals surface area contributed by atoms with Gasteiger partial charge in [0.25, 0.3) is 0 Å². The minimum Gasteiger partial charge on any atom is -0.252 e. The number of halogens is 4. The van der Waals surface area contributed by atoms with Gasteiger partial charge in [0.15, 0.2) is 5.82 Å². The summed E-state index contributed by atoms with van der Waals surface area (Å²) < 4.78 is 1.53. The van der Waals surface area contributed by atoms with E-state index in [4.69, 9.17) is 23.2 Å². The molecule has 16 heavy (non-hydrogen) atoms. The van der Waals surface area contributed by atoms with Gasteiger partial charge in [0.1, 0.15) is 16.0 Å². The summed E-state index contributed by atoms with van der Waals surface area (Å²) in [5, 5.41) is 0.667. The molecule has 0 fully saturated rings. The van der Waals surface area contributed by atoms with Gasteiger partial charge in [0.2, 0.25) is 0 Å². The quantitative estimate of drug-likeness (QED) is 0.502. The summed E-state index contributed by atoms with van der Waals surface area (Å²) in [6.45, 7) is 0. The lowest BCUT2D eigenvalue weighted by Gasteiger charge is -2.03. The average Bonchev–Trinajstić information content (AvgIpc) is 2.26. The molecule has 0 aromatic carbocycles. The number of aromatic nitrogens is 3. The van der Waals surface area contributed by atoms with E-state index >= 15 is 0 Å². The van der Waals surface area contributed by atoms with Crippen molar-refractivity contribution < 1.29 is 0 Å². The van der Waals surface area contributed by atoms with Gasteiger partial charge in [-0.1, -0.05) is 23.2 Å². The normalized spacial score (nSPS) is 10.5. The van der Waals surface area contributed by atoms with Gasteiger partial charge < -0.3 is 0 Å². The third-order valence-electron chi connectivity index (χ3n) is 1.73. The first-order valence-electron chi connectivity index (χ1n) is 4.08. The summed E-state index contributed by atoms with van der Waals surface area (Å²) in [5.74, 6) is 0.419. The van der Waals surface area contributed by atoms with Gasteiger partial charge in [-0.15, -0.1) is 0 Å². The van der Waals surface area contributed by atoms with Gasteiger partial charge in [-0.25, -0.2) is 9.97 Å². The first kappa shape index (κ1) is 12.5. The lowest BCUT2D eigenvalue weighted by molar-refractivity contribution is 1.12. The Labute approximate surface area is 124 Å². The average molecular weight is 431 g/mol. The van der Waals surface area contributed by atoms with Crippen LogP contribution in [0.5, 0.6) is 0 Å². The first-order chi connectivity index (χ1) is 7.58. The Hall–Kier alpha value is 0.0200. The largest absolute Gasteiger partial charge is 0.252 e. The highest BCUT2D eigenvalue weighted by molar-refractivity contribution is 14.1. The minimum atomic E-state index is 0.334. The number of hydrogen-bond donors (Lipinski definition) is 0. The molecule has 0 amide bonds. The molecule has 82 valence electrons. The zero-order valence-corrected chi connectivity index (χ0v) is 12.8. The van der Waals surface area contributed by atoms with Crippen LogP contribution >= 0.6 is 61.7 Å². The van der Waals surface area contributed by atoms with E-state index < -0.39 is 0 Å². The van der Waals surface area contributed by atoms with E-state index in [1.807, 2.05) is 28.7 Å². The van der Waals surface area contributed by atoms with Gasteiger partial charge in [-0.2, -0.15) is 0 Å². The van der Waals surface area contributed by atoms with Crippen LogP contribution in [-0.4, -0.2) is 15.0 Å². The SMILES string of the molecule is Clc1nc(-c2ccc(Br)cn2)nc(Cl)c1I. The van der Waals surface area contributed by atoms with Crippen LogP contribution in [0.1, 0.15) is 0 Å². The molecule has 0 spiro atoms. The molecule has 0 aliphatic heterocycles. The van der Waals surface area contributed by atoms with E-state index in [-0.39, 0.29) is 0 Å². The fourth-order valence-electron chi connectivity index (χ4n) is 1.02. The second-order valence-corrected chi connectivity index (χ2v) is 5.51. The second-order valence-electron chi connectivity index (χ2n) is 2.80. The van der Waals surface area contributed by atoms with Crippen LogP contribution in [0.4, 0.5) is 0 Å². The zero-order valence-electron chi connectivity index (χ0n) is 7.59. The number of pyridine rings is 1. The molecule has 0 N–H and O–H groups in total. The van der Waals surface area contributed by atoms with E-state index in [1.54, 1.807) is 12.3 Å². The Bertz CT molecular complexity index is 510. The van der Waals surface area contributed by atoms with Crippen molar-refractivity contribution in [3.63, 3.8) is 0 Å². The molecular weight excluding hydrogens is 428 g/mol. The Balaban J connectivity index is 2.52. The van der Waals surface area contributed by atoms with Crippen LogP contribution in [0.15, 0.2) is 22.8 Å². The highest BCUT2D eigenvalue weighted by atomic mass is 127. The predicted octanol–water partition coefficient (Wildman–Crippen LogP) is 4.21. The van der Waals surface area contributed by atoms with Crippen LogP contribution in [0.25, 0.3) is 11.5 Å². The fraction of sp³-hybridized carbons (Fsp3) is 0. The van der Waals surface area contributed by atoms with Crippen molar-refractivity contribution in [3.8, 4) is 11.5 Å². The number of nitrogens with zero attached hydrogens (tertiary/aromatic N) is 3. The van der Waals surface area contributed by atoms with Crippen molar-refractivity contribution in [1.29, 1.82) is 0 Å². The van der Waals surface area contributed by atoms with Crippen LogP contribution < -0.4 is 0 Å². The Morgan fingerprint density at radius 3 is 2.25 bits per heavy atom. The smallest absolute Gasteiger partial charge is 0.181 e. The maximum absolute atomic E-state index is 5.92. The Kier molecular flexibility index (Phi) is 3.99. The van der Waals surface area contributed by atoms with E-state index in [9.17, 15) is 0 Å². The lowest BCUT2D eigenvalue weighted by Crippen LogP contribution is -1.95. The molecule has 0 atom stereocenters. The van der Waals surface area contributed by atoms with Gasteiger partial charge in [0.05, 0.1) is 3.57 Å². The molecule has 0 unspecified atom stereocenters. The third kappa shape index (κ3) is 2.64. The minimum absolute atomic E-state index is 0.334. The standard InChI is InChI=1S/C9H3BrCl2IN3/c10-4-1-2-5(14-3-4)9-15-7(11)6(13)8(12)16-9/h1-3H. The summed E-state index contributed by atoms with van der Waals surface area (Å²) >= 11 is 17.1. The summed E-state index contributed by atoms with van der Waals surface area (Å²) in [6.07, 6.45) is 1.67. The number of rotatable bonds is 1. The van der Waals surface area contributed by atoms with E-state index in [0.717, 1.165) is 4.47 Å². The van der Waals surface area contributed by atoms with Gasteiger partial charge in [0, 0.05) is 10.7 Å². The monoisotopic (exact) mass is 429 g/mol. The highest BCUT2D eigenvalue weighted by Gasteiger charge is 2.10. The molecule has 0 saturated heterocycles. The molecule has 0 aliphatic carbocycles. The van der Waals surface area contributed by atoms with Crippen molar-refractivity contribution in [2.24, 2.45) is 0 Å². The Morgan fingerprint density at radius 1 is 1.12 bits per heavy atom. The second kappa shape index (κ2) is 5.12.